The second-order valence-electron chi connectivity index (χ2n) is 7.38. The summed E-state index contributed by atoms with van der Waals surface area (Å²) in [5.74, 6) is 0. The van der Waals surface area contributed by atoms with Gasteiger partial charge in [0.2, 0.25) is 0 Å². The third-order valence-corrected chi connectivity index (χ3v) is 6.24. The molecule has 1 aliphatic rings. The summed E-state index contributed by atoms with van der Waals surface area (Å²) in [4.78, 5) is 17.4. The zero-order valence-electron chi connectivity index (χ0n) is 16.0. The molecule has 4 aromatic rings. The number of aromatic nitrogens is 3. The summed E-state index contributed by atoms with van der Waals surface area (Å²) in [5.41, 5.74) is 17.5. The second kappa shape index (κ2) is 7.42. The minimum absolute atomic E-state index is 0.202. The number of nitrogen functional groups attached to an aromatic ring is 1. The summed E-state index contributed by atoms with van der Waals surface area (Å²) < 4.78 is 0. The number of piperidine rings is 1. The molecule has 0 aliphatic carbocycles. The molecule has 5 heterocycles. The van der Waals surface area contributed by atoms with Crippen molar-refractivity contribution in [2.24, 2.45) is 5.73 Å². The molecule has 0 aromatic carbocycles. The molecule has 0 radical (unpaired) electrons. The van der Waals surface area contributed by atoms with Gasteiger partial charge in [-0.1, -0.05) is 6.07 Å². The van der Waals surface area contributed by atoms with E-state index in [4.69, 9.17) is 16.5 Å². The van der Waals surface area contributed by atoms with Crippen LogP contribution in [0.25, 0.3) is 32.9 Å². The summed E-state index contributed by atoms with van der Waals surface area (Å²) in [5, 5.41) is 3.09. The van der Waals surface area contributed by atoms with Crippen LogP contribution < -0.4 is 16.4 Å². The summed E-state index contributed by atoms with van der Waals surface area (Å²) >= 11 is 1.66. The van der Waals surface area contributed by atoms with Crippen molar-refractivity contribution in [3.05, 3.63) is 54.2 Å². The third kappa shape index (κ3) is 3.43. The number of pyridine rings is 3. The highest BCUT2D eigenvalue weighted by molar-refractivity contribution is 7.13. The maximum absolute atomic E-state index is 6.28. The average Bonchev–Trinajstić information content (AvgIpc) is 3.28. The molecule has 146 valence electrons. The van der Waals surface area contributed by atoms with Gasteiger partial charge in [0.15, 0.2) is 0 Å². The van der Waals surface area contributed by atoms with Crippen LogP contribution in [0.4, 0.5) is 11.4 Å². The van der Waals surface area contributed by atoms with Gasteiger partial charge < -0.3 is 16.4 Å². The van der Waals surface area contributed by atoms with E-state index < -0.39 is 0 Å². The Morgan fingerprint density at radius 3 is 2.86 bits per heavy atom. The Bertz CT molecular complexity index is 1160. The van der Waals surface area contributed by atoms with Crippen LogP contribution in [-0.4, -0.2) is 34.1 Å². The fourth-order valence-electron chi connectivity index (χ4n) is 3.90. The molecule has 1 fully saturated rings. The van der Waals surface area contributed by atoms with Crippen molar-refractivity contribution in [1.82, 2.24) is 15.0 Å². The smallest absolute Gasteiger partial charge is 0.112 e. The fourth-order valence-corrected chi connectivity index (χ4v) is 4.60. The van der Waals surface area contributed by atoms with E-state index in [9.17, 15) is 0 Å². The lowest BCUT2D eigenvalue weighted by Gasteiger charge is -2.33. The van der Waals surface area contributed by atoms with E-state index >= 15 is 0 Å². The first kappa shape index (κ1) is 18.0. The first-order valence-electron chi connectivity index (χ1n) is 9.75. The Kier molecular flexibility index (Phi) is 4.61. The third-order valence-electron chi connectivity index (χ3n) is 5.35. The van der Waals surface area contributed by atoms with E-state index in [0.29, 0.717) is 11.4 Å². The molecule has 29 heavy (non-hydrogen) atoms. The van der Waals surface area contributed by atoms with Gasteiger partial charge in [-0.05, 0) is 48.6 Å². The maximum atomic E-state index is 6.28. The van der Waals surface area contributed by atoms with Crippen LogP contribution >= 0.6 is 11.3 Å². The van der Waals surface area contributed by atoms with E-state index in [1.807, 2.05) is 29.8 Å². The average molecular weight is 403 g/mol. The number of rotatable bonds is 3. The second-order valence-corrected chi connectivity index (χ2v) is 8.32. The van der Waals surface area contributed by atoms with Crippen molar-refractivity contribution in [3.8, 4) is 22.0 Å². The summed E-state index contributed by atoms with van der Waals surface area (Å²) in [6.45, 7) is 1.85. The molecule has 0 amide bonds. The summed E-state index contributed by atoms with van der Waals surface area (Å²) in [6.07, 6.45) is 5.81. The Morgan fingerprint density at radius 2 is 2.03 bits per heavy atom. The van der Waals surface area contributed by atoms with Crippen LogP contribution in [0.15, 0.2) is 54.2 Å². The minimum Gasteiger partial charge on any atom is -0.397 e. The highest BCUT2D eigenvalue weighted by Gasteiger charge is 2.20. The Hall–Kier alpha value is -3.03. The lowest BCUT2D eigenvalue weighted by molar-refractivity contribution is 0.507. The number of anilines is 2. The van der Waals surface area contributed by atoms with Gasteiger partial charge in [0.25, 0.3) is 0 Å². The van der Waals surface area contributed by atoms with Crippen LogP contribution in [0.1, 0.15) is 12.8 Å². The number of hydrogen-bond acceptors (Lipinski definition) is 7. The van der Waals surface area contributed by atoms with Crippen molar-refractivity contribution >= 4 is 33.6 Å². The van der Waals surface area contributed by atoms with Crippen LogP contribution in [0.3, 0.4) is 0 Å². The normalized spacial score (nSPS) is 17.0. The van der Waals surface area contributed by atoms with Crippen LogP contribution in [0, 0.1) is 0 Å². The summed E-state index contributed by atoms with van der Waals surface area (Å²) in [7, 11) is 0. The minimum atomic E-state index is 0.202. The van der Waals surface area contributed by atoms with E-state index in [1.165, 1.54) is 0 Å². The standard InChI is InChI=1S/C22H22N6S/c23-14-3-1-9-28(13-14)20-7-8-25-19-12-26-18(11-15(19)20)22-16(24)5-6-17(27-22)21-4-2-10-29-21/h2,4-8,10-12,14H,1,3,9,13,23-24H2. The zero-order chi connectivity index (χ0) is 19.8. The van der Waals surface area contributed by atoms with Crippen LogP contribution in [0.5, 0.6) is 0 Å². The molecule has 7 heteroatoms. The molecule has 4 N–H and O–H groups in total. The predicted molar refractivity (Wildman–Crippen MR) is 120 cm³/mol. The number of nitrogens with two attached hydrogens (primary N) is 2. The topological polar surface area (TPSA) is 94.0 Å². The van der Waals surface area contributed by atoms with Gasteiger partial charge in [-0.3, -0.25) is 9.97 Å². The lowest BCUT2D eigenvalue weighted by atomic mass is 10.0. The van der Waals surface area contributed by atoms with Gasteiger partial charge in [-0.15, -0.1) is 11.3 Å². The monoisotopic (exact) mass is 402 g/mol. The number of thiophene rings is 1. The van der Waals surface area contributed by atoms with Crippen molar-refractivity contribution in [2.45, 2.75) is 18.9 Å². The van der Waals surface area contributed by atoms with Gasteiger partial charge in [-0.25, -0.2) is 4.98 Å². The highest BCUT2D eigenvalue weighted by atomic mass is 32.1. The van der Waals surface area contributed by atoms with Crippen molar-refractivity contribution in [2.75, 3.05) is 23.7 Å². The Balaban J connectivity index is 1.62. The molecule has 1 unspecified atom stereocenters. The van der Waals surface area contributed by atoms with Crippen LogP contribution in [-0.2, 0) is 0 Å². The Morgan fingerprint density at radius 1 is 1.10 bits per heavy atom. The molecule has 1 saturated heterocycles. The number of nitrogens with zero attached hydrogens (tertiary/aromatic N) is 4. The SMILES string of the molecule is Nc1ccc(-c2cccs2)nc1-c1cc2c(N3CCCC(N)C3)ccnc2cn1. The van der Waals surface area contributed by atoms with Gasteiger partial charge in [-0.2, -0.15) is 0 Å². The van der Waals surface area contributed by atoms with E-state index in [0.717, 1.165) is 58.8 Å². The van der Waals surface area contributed by atoms with Crippen molar-refractivity contribution < 1.29 is 0 Å². The molecule has 4 aromatic heterocycles. The quantitative estimate of drug-likeness (QED) is 0.539. The lowest BCUT2D eigenvalue weighted by Crippen LogP contribution is -2.42. The Labute approximate surface area is 173 Å². The van der Waals surface area contributed by atoms with E-state index in [2.05, 4.69) is 33.1 Å². The van der Waals surface area contributed by atoms with Gasteiger partial charge in [0.1, 0.15) is 5.69 Å². The molecule has 1 atom stereocenters. The number of fused-ring (bicyclic) bond motifs is 1. The molecule has 5 rings (SSSR count). The molecule has 0 bridgehead atoms. The number of hydrogen-bond donors (Lipinski definition) is 2. The molecular formula is C22H22N6S. The van der Waals surface area contributed by atoms with E-state index in [1.54, 1.807) is 17.5 Å². The predicted octanol–water partition coefficient (Wildman–Crippen LogP) is 3.93. The largest absolute Gasteiger partial charge is 0.397 e. The molecule has 0 saturated carbocycles. The fraction of sp³-hybridized carbons (Fsp3) is 0.227. The first-order chi connectivity index (χ1) is 14.2. The molecule has 0 spiro atoms. The van der Waals surface area contributed by atoms with Gasteiger partial charge in [0.05, 0.1) is 33.7 Å². The molecule has 6 nitrogen and oxygen atoms in total. The van der Waals surface area contributed by atoms with Gasteiger partial charge in [0, 0.05) is 36.4 Å². The highest BCUT2D eigenvalue weighted by Crippen LogP contribution is 2.33. The van der Waals surface area contributed by atoms with Gasteiger partial charge >= 0.3 is 0 Å². The first-order valence-corrected chi connectivity index (χ1v) is 10.6. The summed E-state index contributed by atoms with van der Waals surface area (Å²) in [6, 6.07) is 12.2. The van der Waals surface area contributed by atoms with Crippen LogP contribution in [0.2, 0.25) is 0 Å². The molecular weight excluding hydrogens is 380 g/mol. The van der Waals surface area contributed by atoms with E-state index in [-0.39, 0.29) is 6.04 Å². The zero-order valence-corrected chi connectivity index (χ0v) is 16.8. The van der Waals surface area contributed by atoms with Crippen molar-refractivity contribution in [3.63, 3.8) is 0 Å². The van der Waals surface area contributed by atoms with Crippen molar-refractivity contribution in [1.29, 1.82) is 0 Å². The maximum Gasteiger partial charge on any atom is 0.112 e. The molecule has 1 aliphatic heterocycles.